The third kappa shape index (κ3) is 2.50. The predicted octanol–water partition coefficient (Wildman–Crippen LogP) is 2.71. The Kier molecular flexibility index (Phi) is 3.86. The second-order valence-electron chi connectivity index (χ2n) is 5.82. The van der Waals surface area contributed by atoms with Gasteiger partial charge in [-0.3, -0.25) is 4.79 Å². The normalized spacial score (nSPS) is 18.1. The van der Waals surface area contributed by atoms with E-state index in [4.69, 9.17) is 9.15 Å². The van der Waals surface area contributed by atoms with Gasteiger partial charge in [-0.25, -0.2) is 4.68 Å². The van der Waals surface area contributed by atoms with Gasteiger partial charge in [0.2, 0.25) is 5.89 Å². The number of benzene rings is 1. The number of aromatic nitrogens is 4. The third-order valence-corrected chi connectivity index (χ3v) is 4.27. The first-order chi connectivity index (χ1) is 11.8. The molecule has 1 aromatic carbocycles. The summed E-state index contributed by atoms with van der Waals surface area (Å²) >= 11 is 0. The van der Waals surface area contributed by atoms with Gasteiger partial charge < -0.3 is 9.15 Å². The van der Waals surface area contributed by atoms with E-state index < -0.39 is 0 Å². The Hall–Kier alpha value is -2.54. The number of ether oxygens (including phenoxy) is 1. The number of rotatable bonds is 3. The van der Waals surface area contributed by atoms with Gasteiger partial charge in [-0.15, -0.1) is 10.2 Å². The molecule has 124 valence electrons. The molecular weight excluding hydrogens is 308 g/mol. The fourth-order valence-electron chi connectivity index (χ4n) is 3.00. The second kappa shape index (κ2) is 6.16. The molecule has 2 aromatic heterocycles. The van der Waals surface area contributed by atoms with E-state index in [9.17, 15) is 4.79 Å². The fourth-order valence-corrected chi connectivity index (χ4v) is 3.00. The highest BCUT2D eigenvalue weighted by Gasteiger charge is 2.24. The number of fused-ring (bicyclic) bond motifs is 1. The van der Waals surface area contributed by atoms with Crippen molar-refractivity contribution in [1.82, 2.24) is 20.0 Å². The molecule has 0 unspecified atom stereocenters. The van der Waals surface area contributed by atoms with Gasteiger partial charge in [0.25, 0.3) is 11.4 Å². The lowest BCUT2D eigenvalue weighted by Crippen LogP contribution is -2.22. The Bertz CT molecular complexity index is 925. The van der Waals surface area contributed by atoms with Crippen molar-refractivity contribution < 1.29 is 9.15 Å². The molecule has 1 aliphatic rings. The topological polar surface area (TPSA) is 83.0 Å². The second-order valence-corrected chi connectivity index (χ2v) is 5.82. The average molecular weight is 326 g/mol. The summed E-state index contributed by atoms with van der Waals surface area (Å²) in [5.74, 6) is 0.794. The Morgan fingerprint density at radius 1 is 1.21 bits per heavy atom. The zero-order valence-corrected chi connectivity index (χ0v) is 13.4. The molecule has 7 nitrogen and oxygen atoms in total. The van der Waals surface area contributed by atoms with Gasteiger partial charge in [0.15, 0.2) is 5.69 Å². The lowest BCUT2D eigenvalue weighted by atomic mass is 10.1. The minimum Gasteiger partial charge on any atom is -0.416 e. The first-order valence-electron chi connectivity index (χ1n) is 8.23. The van der Waals surface area contributed by atoms with E-state index in [2.05, 4.69) is 15.3 Å². The highest BCUT2D eigenvalue weighted by molar-refractivity contribution is 5.91. The standard InChI is InChI=1S/C17H18N4O3/c1-2-21-17(22)12-8-4-3-7-11(12)14(20-21)16-19-18-15(24-16)13-9-5-6-10-23-13/h3-4,7-8,13H,2,5-6,9-10H2,1H3/t13-/m1/s1. The fraction of sp³-hybridized carbons (Fsp3) is 0.412. The molecule has 1 atom stereocenters. The predicted molar refractivity (Wildman–Crippen MR) is 87.5 cm³/mol. The van der Waals surface area contributed by atoms with Crippen molar-refractivity contribution in [2.24, 2.45) is 0 Å². The Labute approximate surface area is 138 Å². The van der Waals surface area contributed by atoms with Gasteiger partial charge in [-0.2, -0.15) is 5.10 Å². The Balaban J connectivity index is 1.83. The molecule has 0 aliphatic carbocycles. The summed E-state index contributed by atoms with van der Waals surface area (Å²) in [4.78, 5) is 12.4. The van der Waals surface area contributed by atoms with Crippen LogP contribution in [0.1, 0.15) is 38.2 Å². The lowest BCUT2D eigenvalue weighted by Gasteiger charge is -2.18. The average Bonchev–Trinajstić information content (AvgIpc) is 3.13. The smallest absolute Gasteiger partial charge is 0.274 e. The summed E-state index contributed by atoms with van der Waals surface area (Å²) in [5.41, 5.74) is 0.411. The van der Waals surface area contributed by atoms with Crippen LogP contribution >= 0.6 is 0 Å². The Morgan fingerprint density at radius 3 is 2.79 bits per heavy atom. The molecule has 3 aromatic rings. The van der Waals surface area contributed by atoms with Crippen molar-refractivity contribution in [1.29, 1.82) is 0 Å². The molecule has 0 spiro atoms. The monoisotopic (exact) mass is 326 g/mol. The maximum atomic E-state index is 12.4. The Morgan fingerprint density at radius 2 is 2.04 bits per heavy atom. The van der Waals surface area contributed by atoms with Crippen molar-refractivity contribution in [3.63, 3.8) is 0 Å². The molecule has 0 bridgehead atoms. The number of aryl methyl sites for hydroxylation is 1. The minimum atomic E-state index is -0.150. The van der Waals surface area contributed by atoms with Gasteiger partial charge in [0.1, 0.15) is 6.10 Å². The summed E-state index contributed by atoms with van der Waals surface area (Å²) in [6, 6.07) is 7.34. The third-order valence-electron chi connectivity index (χ3n) is 4.27. The van der Waals surface area contributed by atoms with E-state index >= 15 is 0 Å². The van der Waals surface area contributed by atoms with Crippen LogP contribution in [0.2, 0.25) is 0 Å². The molecule has 7 heteroatoms. The zero-order valence-electron chi connectivity index (χ0n) is 13.4. The van der Waals surface area contributed by atoms with Gasteiger partial charge in [-0.1, -0.05) is 18.2 Å². The van der Waals surface area contributed by atoms with Gasteiger partial charge >= 0.3 is 0 Å². The minimum absolute atomic E-state index is 0.118. The van der Waals surface area contributed by atoms with Crippen molar-refractivity contribution in [3.8, 4) is 11.6 Å². The number of hydrogen-bond acceptors (Lipinski definition) is 6. The molecule has 1 saturated heterocycles. The lowest BCUT2D eigenvalue weighted by molar-refractivity contribution is -0.00127. The number of hydrogen-bond donors (Lipinski definition) is 0. The van der Waals surface area contributed by atoms with E-state index in [1.807, 2.05) is 25.1 Å². The van der Waals surface area contributed by atoms with Crippen molar-refractivity contribution in [2.45, 2.75) is 38.8 Å². The van der Waals surface area contributed by atoms with Crippen LogP contribution in [-0.4, -0.2) is 26.6 Å². The van der Waals surface area contributed by atoms with E-state index in [1.54, 1.807) is 6.07 Å². The maximum Gasteiger partial charge on any atom is 0.274 e. The van der Waals surface area contributed by atoms with Gasteiger partial charge in [-0.05, 0) is 32.3 Å². The molecule has 0 N–H and O–H groups in total. The highest BCUT2D eigenvalue weighted by atomic mass is 16.5. The van der Waals surface area contributed by atoms with Crippen LogP contribution in [0.3, 0.4) is 0 Å². The molecule has 0 amide bonds. The highest BCUT2D eigenvalue weighted by Crippen LogP contribution is 2.30. The number of nitrogens with zero attached hydrogens (tertiary/aromatic N) is 4. The van der Waals surface area contributed by atoms with Crippen molar-refractivity contribution in [3.05, 3.63) is 40.5 Å². The van der Waals surface area contributed by atoms with E-state index in [0.29, 0.717) is 41.4 Å². The first kappa shape index (κ1) is 15.0. The molecule has 0 radical (unpaired) electrons. The summed E-state index contributed by atoms with van der Waals surface area (Å²) in [5, 5.41) is 14.0. The van der Waals surface area contributed by atoms with Crippen LogP contribution < -0.4 is 5.56 Å². The van der Waals surface area contributed by atoms with Crippen LogP contribution in [0, 0.1) is 0 Å². The van der Waals surface area contributed by atoms with E-state index in [-0.39, 0.29) is 11.7 Å². The largest absolute Gasteiger partial charge is 0.416 e. The van der Waals surface area contributed by atoms with Crippen LogP contribution in [-0.2, 0) is 11.3 Å². The molecule has 24 heavy (non-hydrogen) atoms. The molecule has 0 saturated carbocycles. The molecular formula is C17H18N4O3. The summed E-state index contributed by atoms with van der Waals surface area (Å²) in [6.07, 6.45) is 2.88. The molecule has 3 heterocycles. The quantitative estimate of drug-likeness (QED) is 0.736. The van der Waals surface area contributed by atoms with Gasteiger partial charge in [0.05, 0.1) is 5.39 Å². The molecule has 4 rings (SSSR count). The molecule has 1 fully saturated rings. The van der Waals surface area contributed by atoms with Crippen LogP contribution in [0.15, 0.2) is 33.5 Å². The first-order valence-corrected chi connectivity index (χ1v) is 8.23. The summed E-state index contributed by atoms with van der Waals surface area (Å²) in [6.45, 7) is 3.07. The van der Waals surface area contributed by atoms with Gasteiger partial charge in [0, 0.05) is 18.5 Å². The molecule has 1 aliphatic heterocycles. The van der Waals surface area contributed by atoms with Crippen molar-refractivity contribution >= 4 is 10.8 Å². The summed E-state index contributed by atoms with van der Waals surface area (Å²) in [7, 11) is 0. The van der Waals surface area contributed by atoms with Crippen LogP contribution in [0.5, 0.6) is 0 Å². The van der Waals surface area contributed by atoms with Crippen LogP contribution in [0.25, 0.3) is 22.4 Å². The summed E-state index contributed by atoms with van der Waals surface area (Å²) < 4.78 is 12.9. The van der Waals surface area contributed by atoms with E-state index in [0.717, 1.165) is 19.3 Å². The SMILES string of the molecule is CCn1nc(-c2nnc([C@H]3CCCCO3)o2)c2ccccc2c1=O. The zero-order chi connectivity index (χ0) is 16.5. The van der Waals surface area contributed by atoms with Crippen molar-refractivity contribution in [2.75, 3.05) is 6.61 Å². The van der Waals surface area contributed by atoms with Crippen LogP contribution in [0.4, 0.5) is 0 Å². The maximum absolute atomic E-state index is 12.4. The van der Waals surface area contributed by atoms with E-state index in [1.165, 1.54) is 4.68 Å².